The van der Waals surface area contributed by atoms with Gasteiger partial charge in [-0.15, -0.1) is 0 Å². The molecule has 0 saturated heterocycles. The molecule has 0 aliphatic carbocycles. The normalized spacial score (nSPS) is 13.8. The van der Waals surface area contributed by atoms with Crippen LogP contribution in [0.3, 0.4) is 0 Å². The maximum Gasteiger partial charge on any atom is 0.218 e. The number of hydrogen-bond donors (Lipinski definition) is 1. The Bertz CT molecular complexity index is 311. The highest BCUT2D eigenvalue weighted by Gasteiger charge is 2.16. The Labute approximate surface area is 70.3 Å². The fourth-order valence-electron chi connectivity index (χ4n) is 1.26. The lowest BCUT2D eigenvalue weighted by atomic mass is 10.2. The first-order valence-corrected chi connectivity index (χ1v) is 3.77. The minimum atomic E-state index is 0.387. The molecule has 0 atom stereocenters. The second kappa shape index (κ2) is 2.55. The third kappa shape index (κ3) is 0.958. The van der Waals surface area contributed by atoms with E-state index in [1.807, 2.05) is 6.07 Å². The molecule has 2 heterocycles. The summed E-state index contributed by atoms with van der Waals surface area (Å²) in [5.74, 6) is 1.66. The van der Waals surface area contributed by atoms with Crippen molar-refractivity contribution in [3.05, 3.63) is 11.6 Å². The van der Waals surface area contributed by atoms with Crippen molar-refractivity contribution in [2.45, 2.75) is 6.42 Å². The number of hydrogen-bond acceptors (Lipinski definition) is 4. The number of nitrogens with zero attached hydrogens (tertiary/aromatic N) is 1. The van der Waals surface area contributed by atoms with Gasteiger partial charge in [-0.05, 0) is 6.07 Å². The number of nitrogens with two attached hydrogens (primary N) is 1. The quantitative estimate of drug-likeness (QED) is 0.664. The van der Waals surface area contributed by atoms with Crippen LogP contribution in [0.15, 0.2) is 6.07 Å². The largest absolute Gasteiger partial charge is 0.493 e. The van der Waals surface area contributed by atoms with Crippen molar-refractivity contribution in [2.75, 3.05) is 19.5 Å². The molecule has 0 aromatic carbocycles. The molecule has 0 unspecified atom stereocenters. The molecule has 0 bridgehead atoms. The predicted molar refractivity (Wildman–Crippen MR) is 44.4 cm³/mol. The van der Waals surface area contributed by atoms with Crippen molar-refractivity contribution in [1.29, 1.82) is 0 Å². The van der Waals surface area contributed by atoms with Crippen LogP contribution < -0.4 is 15.2 Å². The summed E-state index contributed by atoms with van der Waals surface area (Å²) < 4.78 is 10.3. The summed E-state index contributed by atoms with van der Waals surface area (Å²) in [4.78, 5) is 4.06. The van der Waals surface area contributed by atoms with E-state index in [-0.39, 0.29) is 0 Å². The van der Waals surface area contributed by atoms with Gasteiger partial charge >= 0.3 is 0 Å². The number of rotatable bonds is 1. The molecule has 4 nitrogen and oxygen atoms in total. The van der Waals surface area contributed by atoms with Crippen LogP contribution >= 0.6 is 0 Å². The Kier molecular flexibility index (Phi) is 1.53. The van der Waals surface area contributed by atoms with E-state index >= 15 is 0 Å². The zero-order valence-corrected chi connectivity index (χ0v) is 6.83. The van der Waals surface area contributed by atoms with Gasteiger partial charge in [-0.1, -0.05) is 0 Å². The first-order chi connectivity index (χ1) is 5.81. The van der Waals surface area contributed by atoms with E-state index in [1.165, 1.54) is 0 Å². The Hall–Kier alpha value is -1.45. The molecule has 4 heteroatoms. The van der Waals surface area contributed by atoms with Gasteiger partial charge in [0.2, 0.25) is 5.88 Å². The number of ether oxygens (including phenoxy) is 2. The van der Waals surface area contributed by atoms with Gasteiger partial charge in [0.1, 0.15) is 0 Å². The molecule has 0 radical (unpaired) electrons. The van der Waals surface area contributed by atoms with Gasteiger partial charge in [0.05, 0.1) is 13.7 Å². The first-order valence-electron chi connectivity index (χ1n) is 3.77. The van der Waals surface area contributed by atoms with Crippen LogP contribution in [0.1, 0.15) is 5.56 Å². The van der Waals surface area contributed by atoms with Crippen LogP contribution in [0.2, 0.25) is 0 Å². The van der Waals surface area contributed by atoms with Gasteiger partial charge < -0.3 is 15.2 Å². The zero-order chi connectivity index (χ0) is 8.55. The number of fused-ring (bicyclic) bond motifs is 1. The van der Waals surface area contributed by atoms with E-state index in [0.717, 1.165) is 12.0 Å². The van der Waals surface area contributed by atoms with Crippen LogP contribution in [0, 0.1) is 0 Å². The van der Waals surface area contributed by atoms with Crippen molar-refractivity contribution in [3.63, 3.8) is 0 Å². The van der Waals surface area contributed by atoms with Gasteiger partial charge in [-0.2, -0.15) is 4.98 Å². The van der Waals surface area contributed by atoms with Crippen molar-refractivity contribution in [3.8, 4) is 11.6 Å². The van der Waals surface area contributed by atoms with Crippen LogP contribution in [-0.4, -0.2) is 18.7 Å². The molecule has 1 aromatic rings. The minimum Gasteiger partial charge on any atom is -0.493 e. The Morgan fingerprint density at radius 2 is 2.50 bits per heavy atom. The molecule has 1 aliphatic heterocycles. The molecular weight excluding hydrogens is 156 g/mol. The van der Waals surface area contributed by atoms with Crippen molar-refractivity contribution < 1.29 is 9.47 Å². The topological polar surface area (TPSA) is 57.4 Å². The van der Waals surface area contributed by atoms with Gasteiger partial charge in [0, 0.05) is 12.0 Å². The standard InChI is InChI=1S/C8H10N2O2/c1-11-6-4-5-2-3-12-8(5)10-7(6)9/h4H,2-3H2,1H3,(H2,9,10). The second-order valence-corrected chi connectivity index (χ2v) is 2.64. The SMILES string of the molecule is COc1cc2c(nc1N)OCC2. The number of methoxy groups -OCH3 is 1. The lowest BCUT2D eigenvalue weighted by molar-refractivity contribution is 0.344. The number of nitrogen functional groups attached to an aromatic ring is 1. The molecule has 1 aromatic heterocycles. The molecule has 0 spiro atoms. The van der Waals surface area contributed by atoms with Gasteiger partial charge in [0.25, 0.3) is 0 Å². The lowest BCUT2D eigenvalue weighted by Gasteiger charge is -2.04. The Morgan fingerprint density at radius 1 is 1.67 bits per heavy atom. The average molecular weight is 166 g/mol. The minimum absolute atomic E-state index is 0.387. The van der Waals surface area contributed by atoms with Gasteiger partial charge in [-0.3, -0.25) is 0 Å². The monoisotopic (exact) mass is 166 g/mol. The molecule has 0 fully saturated rings. The first kappa shape index (κ1) is 7.21. The molecule has 0 amide bonds. The number of anilines is 1. The molecule has 2 N–H and O–H groups in total. The van der Waals surface area contributed by atoms with Gasteiger partial charge in [-0.25, -0.2) is 0 Å². The van der Waals surface area contributed by atoms with Crippen LogP contribution in [0.25, 0.3) is 0 Å². The predicted octanol–water partition coefficient (Wildman–Crippen LogP) is 0.607. The van der Waals surface area contributed by atoms with E-state index in [4.69, 9.17) is 15.2 Å². The summed E-state index contributed by atoms with van der Waals surface area (Å²) in [5.41, 5.74) is 6.66. The van der Waals surface area contributed by atoms with Crippen LogP contribution in [0.4, 0.5) is 5.82 Å². The summed E-state index contributed by atoms with van der Waals surface area (Å²) in [6.45, 7) is 0.689. The summed E-state index contributed by atoms with van der Waals surface area (Å²) in [6, 6.07) is 1.88. The smallest absolute Gasteiger partial charge is 0.218 e. The summed E-state index contributed by atoms with van der Waals surface area (Å²) >= 11 is 0. The van der Waals surface area contributed by atoms with Crippen LogP contribution in [-0.2, 0) is 6.42 Å². The lowest BCUT2D eigenvalue weighted by Crippen LogP contribution is -1.97. The molecule has 0 saturated carbocycles. The van der Waals surface area contributed by atoms with E-state index < -0.39 is 0 Å². The van der Waals surface area contributed by atoms with Crippen LogP contribution in [0.5, 0.6) is 11.6 Å². The summed E-state index contributed by atoms with van der Waals surface area (Å²) in [6.07, 6.45) is 0.888. The van der Waals surface area contributed by atoms with E-state index in [9.17, 15) is 0 Å². The molecule has 1 aliphatic rings. The second-order valence-electron chi connectivity index (χ2n) is 2.64. The number of pyridine rings is 1. The highest BCUT2D eigenvalue weighted by Crippen LogP contribution is 2.30. The number of aromatic nitrogens is 1. The average Bonchev–Trinajstić information content (AvgIpc) is 2.49. The third-order valence-corrected chi connectivity index (χ3v) is 1.88. The highest BCUT2D eigenvalue weighted by molar-refractivity contribution is 5.51. The Balaban J connectivity index is 2.49. The van der Waals surface area contributed by atoms with Crippen molar-refractivity contribution in [1.82, 2.24) is 4.98 Å². The third-order valence-electron chi connectivity index (χ3n) is 1.88. The molecule has 12 heavy (non-hydrogen) atoms. The zero-order valence-electron chi connectivity index (χ0n) is 6.83. The Morgan fingerprint density at radius 3 is 3.25 bits per heavy atom. The van der Waals surface area contributed by atoms with Gasteiger partial charge in [0.15, 0.2) is 11.6 Å². The summed E-state index contributed by atoms with van der Waals surface area (Å²) in [5, 5.41) is 0. The maximum atomic E-state index is 5.59. The van der Waals surface area contributed by atoms with E-state index in [1.54, 1.807) is 7.11 Å². The van der Waals surface area contributed by atoms with Crippen molar-refractivity contribution >= 4 is 5.82 Å². The highest BCUT2D eigenvalue weighted by atomic mass is 16.5. The fraction of sp³-hybridized carbons (Fsp3) is 0.375. The van der Waals surface area contributed by atoms with E-state index in [0.29, 0.717) is 24.1 Å². The van der Waals surface area contributed by atoms with Crippen molar-refractivity contribution in [2.24, 2.45) is 0 Å². The summed E-state index contributed by atoms with van der Waals surface area (Å²) in [7, 11) is 1.58. The molecule has 2 rings (SSSR count). The molecular formula is C8H10N2O2. The fourth-order valence-corrected chi connectivity index (χ4v) is 1.26. The maximum absolute atomic E-state index is 5.59. The molecule has 64 valence electrons. The van der Waals surface area contributed by atoms with E-state index in [2.05, 4.69) is 4.98 Å².